The van der Waals surface area contributed by atoms with E-state index in [-0.39, 0.29) is 23.8 Å². The maximum Gasteiger partial charge on any atom is 0.287 e. The zero-order valence-electron chi connectivity index (χ0n) is 11.9. The fourth-order valence-electron chi connectivity index (χ4n) is 2.05. The number of rotatable bonds is 4. The molecule has 0 unspecified atom stereocenters. The Morgan fingerprint density at radius 1 is 1.35 bits per heavy atom. The van der Waals surface area contributed by atoms with Gasteiger partial charge in [-0.1, -0.05) is 6.92 Å². The fourth-order valence-corrected chi connectivity index (χ4v) is 2.05. The van der Waals surface area contributed by atoms with E-state index in [9.17, 15) is 9.59 Å². The molecule has 1 amide bonds. The van der Waals surface area contributed by atoms with E-state index < -0.39 is 0 Å². The molecule has 0 fully saturated rings. The van der Waals surface area contributed by atoms with Crippen molar-refractivity contribution in [2.24, 2.45) is 0 Å². The van der Waals surface area contributed by atoms with Crippen LogP contribution in [0.4, 0.5) is 0 Å². The number of hydrogen-bond acceptors (Lipinski definition) is 3. The SMILES string of the molecule is CCc1ccc(C(=O)NCc2c(C)cc(C)[nH]c2=O)o1. The van der Waals surface area contributed by atoms with Gasteiger partial charge in [0.2, 0.25) is 0 Å². The lowest BCUT2D eigenvalue weighted by atomic mass is 10.1. The maximum atomic E-state index is 11.9. The Balaban J connectivity index is 2.09. The molecule has 2 aromatic heterocycles. The van der Waals surface area contributed by atoms with E-state index in [1.807, 2.05) is 26.8 Å². The number of aryl methyl sites for hydroxylation is 3. The van der Waals surface area contributed by atoms with Crippen LogP contribution in [0, 0.1) is 13.8 Å². The van der Waals surface area contributed by atoms with Crippen LogP contribution >= 0.6 is 0 Å². The highest BCUT2D eigenvalue weighted by Gasteiger charge is 2.12. The Labute approximate surface area is 117 Å². The summed E-state index contributed by atoms with van der Waals surface area (Å²) in [5.41, 5.74) is 2.06. The van der Waals surface area contributed by atoms with Crippen molar-refractivity contribution in [3.05, 3.63) is 56.9 Å². The first kappa shape index (κ1) is 14.1. The zero-order chi connectivity index (χ0) is 14.7. The highest BCUT2D eigenvalue weighted by Crippen LogP contribution is 2.09. The number of hydrogen-bond donors (Lipinski definition) is 2. The molecule has 106 valence electrons. The van der Waals surface area contributed by atoms with Crippen molar-refractivity contribution in [3.63, 3.8) is 0 Å². The lowest BCUT2D eigenvalue weighted by Crippen LogP contribution is -2.27. The average molecular weight is 274 g/mol. The number of aromatic amines is 1. The number of furan rings is 1. The van der Waals surface area contributed by atoms with Crippen molar-refractivity contribution in [1.82, 2.24) is 10.3 Å². The van der Waals surface area contributed by atoms with Crippen LogP contribution in [0.25, 0.3) is 0 Å². The Kier molecular flexibility index (Phi) is 4.08. The third-order valence-corrected chi connectivity index (χ3v) is 3.15. The molecule has 0 aliphatic carbocycles. The Bertz CT molecular complexity index is 683. The smallest absolute Gasteiger partial charge is 0.287 e. The molecule has 2 N–H and O–H groups in total. The van der Waals surface area contributed by atoms with E-state index >= 15 is 0 Å². The summed E-state index contributed by atoms with van der Waals surface area (Å²) in [6.45, 7) is 5.82. The lowest BCUT2D eigenvalue weighted by molar-refractivity contribution is 0.0921. The van der Waals surface area contributed by atoms with Crippen molar-refractivity contribution in [2.45, 2.75) is 33.7 Å². The Hall–Kier alpha value is -2.30. The molecule has 2 rings (SSSR count). The molecule has 0 bridgehead atoms. The van der Waals surface area contributed by atoms with Gasteiger partial charge in [0.15, 0.2) is 5.76 Å². The molecule has 0 aliphatic rings. The molecule has 0 atom stereocenters. The molecule has 2 heterocycles. The molecule has 5 heteroatoms. The summed E-state index contributed by atoms with van der Waals surface area (Å²) in [5.74, 6) is 0.714. The number of carbonyl (C=O) groups excluding carboxylic acids is 1. The van der Waals surface area contributed by atoms with Gasteiger partial charge in [-0.15, -0.1) is 0 Å². The monoisotopic (exact) mass is 274 g/mol. The molecule has 0 saturated carbocycles. The van der Waals surface area contributed by atoms with Gasteiger partial charge in [0.1, 0.15) is 5.76 Å². The Morgan fingerprint density at radius 3 is 2.70 bits per heavy atom. The highest BCUT2D eigenvalue weighted by molar-refractivity contribution is 5.91. The molecule has 0 spiro atoms. The summed E-state index contributed by atoms with van der Waals surface area (Å²) in [5, 5.41) is 2.70. The summed E-state index contributed by atoms with van der Waals surface area (Å²) in [6, 6.07) is 5.30. The van der Waals surface area contributed by atoms with Crippen LogP contribution in [0.1, 0.15) is 40.1 Å². The van der Waals surface area contributed by atoms with E-state index in [1.54, 1.807) is 12.1 Å². The quantitative estimate of drug-likeness (QED) is 0.896. The molecule has 0 aliphatic heterocycles. The standard InChI is InChI=1S/C15H18N2O3/c1-4-11-5-6-13(20-11)15(19)16-8-12-9(2)7-10(3)17-14(12)18/h5-7H,4,8H2,1-3H3,(H,16,19)(H,17,18). The Morgan fingerprint density at radius 2 is 2.10 bits per heavy atom. The largest absolute Gasteiger partial charge is 0.456 e. The van der Waals surface area contributed by atoms with Crippen LogP contribution in [0.5, 0.6) is 0 Å². The van der Waals surface area contributed by atoms with E-state index in [0.29, 0.717) is 5.56 Å². The van der Waals surface area contributed by atoms with Crippen molar-refractivity contribution >= 4 is 5.91 Å². The predicted molar refractivity (Wildman–Crippen MR) is 75.8 cm³/mol. The molecule has 20 heavy (non-hydrogen) atoms. The first-order valence-corrected chi connectivity index (χ1v) is 6.57. The molecular formula is C15H18N2O3. The van der Waals surface area contributed by atoms with Gasteiger partial charge in [0.05, 0.1) is 0 Å². The van der Waals surface area contributed by atoms with Gasteiger partial charge in [0.25, 0.3) is 11.5 Å². The minimum Gasteiger partial charge on any atom is -0.456 e. The maximum absolute atomic E-state index is 11.9. The molecule has 2 aromatic rings. The highest BCUT2D eigenvalue weighted by atomic mass is 16.3. The van der Waals surface area contributed by atoms with E-state index in [4.69, 9.17) is 4.42 Å². The van der Waals surface area contributed by atoms with E-state index in [0.717, 1.165) is 23.4 Å². The van der Waals surface area contributed by atoms with E-state index in [2.05, 4.69) is 10.3 Å². The average Bonchev–Trinajstić information content (AvgIpc) is 2.86. The van der Waals surface area contributed by atoms with Crippen molar-refractivity contribution in [3.8, 4) is 0 Å². The third-order valence-electron chi connectivity index (χ3n) is 3.15. The topological polar surface area (TPSA) is 75.1 Å². The first-order chi connectivity index (χ1) is 9.51. The third kappa shape index (κ3) is 2.99. The molecule has 0 aromatic carbocycles. The van der Waals surface area contributed by atoms with Gasteiger partial charge >= 0.3 is 0 Å². The van der Waals surface area contributed by atoms with Crippen LogP contribution in [0.3, 0.4) is 0 Å². The van der Waals surface area contributed by atoms with Gasteiger partial charge in [-0.25, -0.2) is 0 Å². The number of H-pyrrole nitrogens is 1. The predicted octanol–water partition coefficient (Wildman–Crippen LogP) is 2.08. The van der Waals surface area contributed by atoms with Crippen LogP contribution in [-0.4, -0.2) is 10.9 Å². The van der Waals surface area contributed by atoms with Gasteiger partial charge in [-0.05, 0) is 37.6 Å². The second-order valence-electron chi connectivity index (χ2n) is 4.75. The normalized spacial score (nSPS) is 10.6. The zero-order valence-corrected chi connectivity index (χ0v) is 11.9. The summed E-state index contributed by atoms with van der Waals surface area (Å²) in [6.07, 6.45) is 0.740. The minimum absolute atomic E-state index is 0.170. The second kappa shape index (κ2) is 5.77. The summed E-state index contributed by atoms with van der Waals surface area (Å²) >= 11 is 0. The first-order valence-electron chi connectivity index (χ1n) is 6.57. The van der Waals surface area contributed by atoms with E-state index in [1.165, 1.54) is 0 Å². The lowest BCUT2D eigenvalue weighted by Gasteiger charge is -2.07. The van der Waals surface area contributed by atoms with Gasteiger partial charge in [-0.3, -0.25) is 9.59 Å². The number of aromatic nitrogens is 1. The van der Waals surface area contributed by atoms with Crippen LogP contribution in [0.15, 0.2) is 27.4 Å². The summed E-state index contributed by atoms with van der Waals surface area (Å²) < 4.78 is 5.36. The summed E-state index contributed by atoms with van der Waals surface area (Å²) in [7, 11) is 0. The van der Waals surface area contributed by atoms with Crippen LogP contribution in [0.2, 0.25) is 0 Å². The van der Waals surface area contributed by atoms with Crippen molar-refractivity contribution in [2.75, 3.05) is 0 Å². The van der Waals surface area contributed by atoms with Gasteiger partial charge in [0, 0.05) is 24.2 Å². The number of amides is 1. The summed E-state index contributed by atoms with van der Waals surface area (Å²) in [4.78, 5) is 26.5. The molecular weight excluding hydrogens is 256 g/mol. The molecule has 0 radical (unpaired) electrons. The van der Waals surface area contributed by atoms with Crippen LogP contribution < -0.4 is 10.9 Å². The van der Waals surface area contributed by atoms with Crippen molar-refractivity contribution in [1.29, 1.82) is 0 Å². The van der Waals surface area contributed by atoms with Gasteiger partial charge < -0.3 is 14.7 Å². The minimum atomic E-state index is -0.316. The second-order valence-corrected chi connectivity index (χ2v) is 4.75. The fraction of sp³-hybridized carbons (Fsp3) is 0.333. The van der Waals surface area contributed by atoms with Crippen molar-refractivity contribution < 1.29 is 9.21 Å². The van der Waals surface area contributed by atoms with Gasteiger partial charge in [-0.2, -0.15) is 0 Å². The number of carbonyl (C=O) groups is 1. The molecule has 0 saturated heterocycles. The van der Waals surface area contributed by atoms with Crippen LogP contribution in [-0.2, 0) is 13.0 Å². The molecule has 5 nitrogen and oxygen atoms in total. The number of nitrogens with one attached hydrogen (secondary N) is 2. The number of pyridine rings is 1.